The highest BCUT2D eigenvalue weighted by Gasteiger charge is 2.41. The standard InChI is InChI=1S/C20H20N2O5/c23-18(24)12-15(11-16-8-4-5-9-21-16)19(25)22-17(13-27-20(22)26)10-14-6-2-1-3-7-14/h1-9,15,17H,10-13H2,(H,23,24). The Morgan fingerprint density at radius 2 is 1.93 bits per heavy atom. The summed E-state index contributed by atoms with van der Waals surface area (Å²) in [7, 11) is 0. The molecule has 2 aromatic rings. The van der Waals surface area contributed by atoms with Crippen LogP contribution in [0.15, 0.2) is 54.7 Å². The normalized spacial score (nSPS) is 17.4. The number of amides is 2. The predicted octanol–water partition coefficient (Wildman–Crippen LogP) is 2.31. The minimum Gasteiger partial charge on any atom is -0.481 e. The van der Waals surface area contributed by atoms with Crippen molar-refractivity contribution in [1.29, 1.82) is 0 Å². The number of carbonyl (C=O) groups is 3. The van der Waals surface area contributed by atoms with Gasteiger partial charge in [-0.15, -0.1) is 0 Å². The molecule has 3 rings (SSSR count). The summed E-state index contributed by atoms with van der Waals surface area (Å²) in [5, 5.41) is 9.21. The van der Waals surface area contributed by atoms with E-state index in [1.807, 2.05) is 30.3 Å². The van der Waals surface area contributed by atoms with Crippen LogP contribution in [0, 0.1) is 5.92 Å². The molecule has 1 saturated heterocycles. The van der Waals surface area contributed by atoms with Gasteiger partial charge in [-0.3, -0.25) is 14.6 Å². The summed E-state index contributed by atoms with van der Waals surface area (Å²) in [4.78, 5) is 41.7. The van der Waals surface area contributed by atoms with Crippen molar-refractivity contribution >= 4 is 18.0 Å². The van der Waals surface area contributed by atoms with Gasteiger partial charge in [-0.05, 0) is 24.1 Å². The molecular formula is C20H20N2O5. The monoisotopic (exact) mass is 368 g/mol. The quantitative estimate of drug-likeness (QED) is 0.805. The van der Waals surface area contributed by atoms with Gasteiger partial charge in [-0.25, -0.2) is 9.69 Å². The molecule has 1 aliphatic heterocycles. The average Bonchev–Trinajstić information content (AvgIpc) is 3.02. The second-order valence-electron chi connectivity index (χ2n) is 6.45. The first-order valence-corrected chi connectivity index (χ1v) is 8.70. The van der Waals surface area contributed by atoms with Crippen molar-refractivity contribution in [3.63, 3.8) is 0 Å². The van der Waals surface area contributed by atoms with E-state index in [4.69, 9.17) is 4.74 Å². The number of imide groups is 1. The molecule has 0 radical (unpaired) electrons. The fraction of sp³-hybridized carbons (Fsp3) is 0.300. The van der Waals surface area contributed by atoms with Crippen LogP contribution in [0.5, 0.6) is 0 Å². The predicted molar refractivity (Wildman–Crippen MR) is 95.8 cm³/mol. The third kappa shape index (κ3) is 4.69. The summed E-state index contributed by atoms with van der Waals surface area (Å²) >= 11 is 0. The molecule has 7 heteroatoms. The average molecular weight is 368 g/mol. The lowest BCUT2D eigenvalue weighted by molar-refractivity contribution is -0.143. The Hall–Kier alpha value is -3.22. The van der Waals surface area contributed by atoms with Crippen LogP contribution < -0.4 is 0 Å². The Morgan fingerprint density at radius 1 is 1.19 bits per heavy atom. The Bertz CT molecular complexity index is 810. The Morgan fingerprint density at radius 3 is 2.59 bits per heavy atom. The number of carboxylic acid groups (broad SMARTS) is 1. The van der Waals surface area contributed by atoms with Gasteiger partial charge >= 0.3 is 12.1 Å². The van der Waals surface area contributed by atoms with Crippen LogP contribution >= 0.6 is 0 Å². The van der Waals surface area contributed by atoms with Gasteiger partial charge in [0, 0.05) is 18.3 Å². The van der Waals surface area contributed by atoms with Crippen LogP contribution in [-0.2, 0) is 27.2 Å². The topological polar surface area (TPSA) is 96.8 Å². The fourth-order valence-corrected chi connectivity index (χ4v) is 3.19. The van der Waals surface area contributed by atoms with Gasteiger partial charge in [-0.2, -0.15) is 0 Å². The van der Waals surface area contributed by atoms with Crippen LogP contribution in [0.1, 0.15) is 17.7 Å². The van der Waals surface area contributed by atoms with Crippen molar-refractivity contribution in [3.05, 3.63) is 66.0 Å². The molecule has 2 atom stereocenters. The summed E-state index contributed by atoms with van der Waals surface area (Å²) in [6.45, 7) is 0.100. The van der Waals surface area contributed by atoms with Crippen LogP contribution in [0.25, 0.3) is 0 Å². The van der Waals surface area contributed by atoms with Crippen molar-refractivity contribution in [2.24, 2.45) is 5.92 Å². The van der Waals surface area contributed by atoms with Crippen LogP contribution in [0.3, 0.4) is 0 Å². The Balaban J connectivity index is 1.79. The number of rotatable bonds is 7. The number of aromatic nitrogens is 1. The first kappa shape index (κ1) is 18.6. The lowest BCUT2D eigenvalue weighted by Gasteiger charge is -2.24. The highest BCUT2D eigenvalue weighted by Crippen LogP contribution is 2.23. The Kier molecular flexibility index (Phi) is 5.80. The third-order valence-corrected chi connectivity index (χ3v) is 4.46. The molecule has 1 aliphatic rings. The molecule has 27 heavy (non-hydrogen) atoms. The number of carbonyl (C=O) groups excluding carboxylic acids is 2. The van der Waals surface area contributed by atoms with Crippen LogP contribution in [0.4, 0.5) is 4.79 Å². The Labute approximate surface area is 156 Å². The maximum atomic E-state index is 13.0. The minimum atomic E-state index is -1.10. The molecule has 1 N–H and O–H groups in total. The van der Waals surface area contributed by atoms with E-state index in [1.165, 1.54) is 0 Å². The van der Waals surface area contributed by atoms with Crippen LogP contribution in [-0.4, -0.2) is 45.6 Å². The fourth-order valence-electron chi connectivity index (χ4n) is 3.19. The van der Waals surface area contributed by atoms with Crippen molar-refractivity contribution < 1.29 is 24.2 Å². The van der Waals surface area contributed by atoms with Crippen molar-refractivity contribution in [2.45, 2.75) is 25.3 Å². The van der Waals surface area contributed by atoms with Gasteiger partial charge in [0.25, 0.3) is 0 Å². The molecular weight excluding hydrogens is 348 g/mol. The molecule has 1 fully saturated rings. The zero-order valence-electron chi connectivity index (χ0n) is 14.7. The zero-order chi connectivity index (χ0) is 19.2. The minimum absolute atomic E-state index is 0.100. The highest BCUT2D eigenvalue weighted by molar-refractivity contribution is 5.96. The lowest BCUT2D eigenvalue weighted by atomic mass is 9.96. The molecule has 0 saturated carbocycles. The summed E-state index contributed by atoms with van der Waals surface area (Å²) in [5.41, 5.74) is 1.57. The van der Waals surface area contributed by atoms with Gasteiger partial charge in [0.15, 0.2) is 0 Å². The van der Waals surface area contributed by atoms with E-state index in [0.717, 1.165) is 10.5 Å². The largest absolute Gasteiger partial charge is 0.481 e. The third-order valence-electron chi connectivity index (χ3n) is 4.46. The molecule has 0 spiro atoms. The molecule has 0 aliphatic carbocycles. The van der Waals surface area contributed by atoms with Crippen molar-refractivity contribution in [3.8, 4) is 0 Å². The first-order chi connectivity index (χ1) is 13.0. The summed E-state index contributed by atoms with van der Waals surface area (Å²) in [6, 6.07) is 14.3. The van der Waals surface area contributed by atoms with E-state index in [9.17, 15) is 19.5 Å². The van der Waals surface area contributed by atoms with E-state index in [2.05, 4.69) is 4.98 Å². The molecule has 2 heterocycles. The zero-order valence-corrected chi connectivity index (χ0v) is 14.7. The summed E-state index contributed by atoms with van der Waals surface area (Å²) < 4.78 is 5.08. The van der Waals surface area contributed by atoms with E-state index in [-0.39, 0.29) is 19.4 Å². The summed E-state index contributed by atoms with van der Waals surface area (Å²) in [6.07, 6.45) is 1.09. The molecule has 7 nitrogen and oxygen atoms in total. The van der Waals surface area contributed by atoms with Crippen molar-refractivity contribution in [1.82, 2.24) is 9.88 Å². The number of hydrogen-bond donors (Lipinski definition) is 1. The number of cyclic esters (lactones) is 1. The highest BCUT2D eigenvalue weighted by atomic mass is 16.6. The van der Waals surface area contributed by atoms with Crippen molar-refractivity contribution in [2.75, 3.05) is 6.61 Å². The molecule has 140 valence electrons. The SMILES string of the molecule is O=C(O)CC(Cc1ccccn1)C(=O)N1C(=O)OCC1Cc1ccccc1. The van der Waals surface area contributed by atoms with Gasteiger partial charge in [-0.1, -0.05) is 36.4 Å². The summed E-state index contributed by atoms with van der Waals surface area (Å²) in [5.74, 6) is -2.52. The van der Waals surface area contributed by atoms with Gasteiger partial charge < -0.3 is 9.84 Å². The van der Waals surface area contributed by atoms with E-state index in [1.54, 1.807) is 24.4 Å². The smallest absolute Gasteiger partial charge is 0.416 e. The maximum Gasteiger partial charge on any atom is 0.416 e. The van der Waals surface area contributed by atoms with E-state index in [0.29, 0.717) is 12.1 Å². The maximum absolute atomic E-state index is 13.0. The molecule has 1 aromatic heterocycles. The number of nitrogens with zero attached hydrogens (tertiary/aromatic N) is 2. The lowest BCUT2D eigenvalue weighted by Crippen LogP contribution is -2.44. The number of pyridine rings is 1. The van der Waals surface area contributed by atoms with Gasteiger partial charge in [0.05, 0.1) is 18.4 Å². The van der Waals surface area contributed by atoms with Gasteiger partial charge in [0.1, 0.15) is 6.61 Å². The molecule has 2 amide bonds. The van der Waals surface area contributed by atoms with E-state index < -0.39 is 29.9 Å². The number of aliphatic carboxylic acids is 1. The second kappa shape index (κ2) is 8.44. The second-order valence-corrected chi connectivity index (χ2v) is 6.45. The number of carboxylic acids is 1. The van der Waals surface area contributed by atoms with Gasteiger partial charge in [0.2, 0.25) is 5.91 Å². The molecule has 1 aromatic carbocycles. The first-order valence-electron chi connectivity index (χ1n) is 8.70. The molecule has 2 unspecified atom stereocenters. The molecule has 0 bridgehead atoms. The van der Waals surface area contributed by atoms with E-state index >= 15 is 0 Å². The van der Waals surface area contributed by atoms with Crippen LogP contribution in [0.2, 0.25) is 0 Å². The number of hydrogen-bond acceptors (Lipinski definition) is 5. The number of benzene rings is 1. The number of ether oxygens (including phenoxy) is 1.